The predicted octanol–water partition coefficient (Wildman–Crippen LogP) is 1.86. The van der Waals surface area contributed by atoms with Gasteiger partial charge in [0.25, 0.3) is 0 Å². The minimum Gasteiger partial charge on any atom is -0.495 e. The van der Waals surface area contributed by atoms with Crippen LogP contribution in [0.5, 0.6) is 5.75 Å². The zero-order valence-electron chi connectivity index (χ0n) is 9.49. The number of nitriles is 1. The second kappa shape index (κ2) is 5.00. The molecule has 1 aliphatic rings. The highest BCUT2D eigenvalue weighted by Gasteiger charge is 2.15. The number of rotatable bonds is 3. The maximum absolute atomic E-state index is 8.99. The second-order valence-corrected chi connectivity index (χ2v) is 4.14. The number of benzene rings is 1. The highest BCUT2D eigenvalue weighted by atomic mass is 16.5. The Labute approximate surface area is 96.0 Å². The van der Waals surface area contributed by atoms with Gasteiger partial charge in [0.2, 0.25) is 0 Å². The Bertz CT molecular complexity index is 403. The van der Waals surface area contributed by atoms with Crippen LogP contribution in [0, 0.1) is 11.3 Å². The lowest BCUT2D eigenvalue weighted by atomic mass is 10.0. The molecule has 1 fully saturated rings. The van der Waals surface area contributed by atoms with E-state index in [-0.39, 0.29) is 0 Å². The van der Waals surface area contributed by atoms with Crippen molar-refractivity contribution >= 4 is 0 Å². The summed E-state index contributed by atoms with van der Waals surface area (Å²) in [6, 6.07) is 8.58. The van der Waals surface area contributed by atoms with Crippen LogP contribution in [0.3, 0.4) is 0 Å². The summed E-state index contributed by atoms with van der Waals surface area (Å²) >= 11 is 0. The molecule has 0 aliphatic carbocycles. The molecule has 3 nitrogen and oxygen atoms in total. The Morgan fingerprint density at radius 1 is 1.56 bits per heavy atom. The first-order chi connectivity index (χ1) is 7.83. The molecule has 2 rings (SSSR count). The van der Waals surface area contributed by atoms with E-state index in [2.05, 4.69) is 11.4 Å². The highest BCUT2D eigenvalue weighted by molar-refractivity contribution is 5.45. The fourth-order valence-corrected chi connectivity index (χ4v) is 2.18. The molecule has 0 radical (unpaired) electrons. The predicted molar refractivity (Wildman–Crippen MR) is 62.4 cm³/mol. The van der Waals surface area contributed by atoms with E-state index in [1.54, 1.807) is 7.11 Å². The standard InChI is InChI=1S/C13H16N2O/c1-16-13-5-4-10(7-11(13)9-14)8-12-3-2-6-15-12/h4-5,7,12,15H,2-3,6,8H2,1H3. The molecule has 16 heavy (non-hydrogen) atoms. The van der Waals surface area contributed by atoms with Crippen LogP contribution in [0.2, 0.25) is 0 Å². The summed E-state index contributed by atoms with van der Waals surface area (Å²) in [6.45, 7) is 1.12. The topological polar surface area (TPSA) is 45.0 Å². The Balaban J connectivity index is 2.13. The third-order valence-electron chi connectivity index (χ3n) is 3.03. The molecular formula is C13H16N2O. The maximum Gasteiger partial charge on any atom is 0.136 e. The first kappa shape index (κ1) is 11.0. The Hall–Kier alpha value is -1.53. The van der Waals surface area contributed by atoms with Gasteiger partial charge in [0, 0.05) is 6.04 Å². The highest BCUT2D eigenvalue weighted by Crippen LogP contribution is 2.20. The maximum atomic E-state index is 8.99. The van der Waals surface area contributed by atoms with Crippen LogP contribution < -0.4 is 10.1 Å². The third-order valence-corrected chi connectivity index (χ3v) is 3.03. The van der Waals surface area contributed by atoms with Gasteiger partial charge >= 0.3 is 0 Å². The summed E-state index contributed by atoms with van der Waals surface area (Å²) in [4.78, 5) is 0. The lowest BCUT2D eigenvalue weighted by Gasteiger charge is -2.11. The van der Waals surface area contributed by atoms with Gasteiger partial charge in [-0.05, 0) is 43.5 Å². The Kier molecular flexibility index (Phi) is 3.43. The van der Waals surface area contributed by atoms with Crippen LogP contribution in [0.4, 0.5) is 0 Å². The normalized spacial score (nSPS) is 19.4. The average molecular weight is 216 g/mol. The molecule has 84 valence electrons. The molecule has 1 aromatic rings. The van der Waals surface area contributed by atoms with E-state index in [0.717, 1.165) is 13.0 Å². The van der Waals surface area contributed by atoms with E-state index in [1.165, 1.54) is 18.4 Å². The van der Waals surface area contributed by atoms with Crippen LogP contribution in [0.25, 0.3) is 0 Å². The Morgan fingerprint density at radius 3 is 3.06 bits per heavy atom. The van der Waals surface area contributed by atoms with Crippen LogP contribution >= 0.6 is 0 Å². The SMILES string of the molecule is COc1ccc(CC2CCCN2)cc1C#N. The molecule has 1 saturated heterocycles. The molecule has 0 saturated carbocycles. The van der Waals surface area contributed by atoms with Crippen molar-refractivity contribution in [1.82, 2.24) is 5.32 Å². The summed E-state index contributed by atoms with van der Waals surface area (Å²) in [5.74, 6) is 0.658. The van der Waals surface area contributed by atoms with Crippen molar-refractivity contribution in [3.63, 3.8) is 0 Å². The van der Waals surface area contributed by atoms with E-state index in [9.17, 15) is 0 Å². The lowest BCUT2D eigenvalue weighted by molar-refractivity contribution is 0.413. The molecule has 1 N–H and O–H groups in total. The number of hydrogen-bond acceptors (Lipinski definition) is 3. The van der Waals surface area contributed by atoms with Crippen molar-refractivity contribution in [2.75, 3.05) is 13.7 Å². The van der Waals surface area contributed by atoms with Gasteiger partial charge in [-0.3, -0.25) is 0 Å². The molecule has 1 heterocycles. The van der Waals surface area contributed by atoms with Gasteiger partial charge in [0.1, 0.15) is 11.8 Å². The van der Waals surface area contributed by atoms with Gasteiger partial charge < -0.3 is 10.1 Å². The minimum absolute atomic E-state index is 0.569. The first-order valence-corrected chi connectivity index (χ1v) is 5.64. The number of methoxy groups -OCH3 is 1. The number of nitrogens with one attached hydrogen (secondary N) is 1. The molecule has 1 aliphatic heterocycles. The van der Waals surface area contributed by atoms with Crippen molar-refractivity contribution in [1.29, 1.82) is 5.26 Å². The summed E-state index contributed by atoms with van der Waals surface area (Å²) in [7, 11) is 1.59. The summed E-state index contributed by atoms with van der Waals surface area (Å²) in [5, 5.41) is 12.4. The fraction of sp³-hybridized carbons (Fsp3) is 0.462. The van der Waals surface area contributed by atoms with Gasteiger partial charge in [0.15, 0.2) is 0 Å². The monoisotopic (exact) mass is 216 g/mol. The molecular weight excluding hydrogens is 200 g/mol. The van der Waals surface area contributed by atoms with Gasteiger partial charge in [-0.2, -0.15) is 5.26 Å². The first-order valence-electron chi connectivity index (χ1n) is 5.64. The smallest absolute Gasteiger partial charge is 0.136 e. The van der Waals surface area contributed by atoms with Crippen LogP contribution in [0.15, 0.2) is 18.2 Å². The van der Waals surface area contributed by atoms with Gasteiger partial charge in [-0.25, -0.2) is 0 Å². The number of ether oxygens (including phenoxy) is 1. The van der Waals surface area contributed by atoms with Crippen molar-refractivity contribution in [3.05, 3.63) is 29.3 Å². The van der Waals surface area contributed by atoms with Crippen molar-refractivity contribution < 1.29 is 4.74 Å². The molecule has 1 aromatic carbocycles. The van der Waals surface area contributed by atoms with Crippen LogP contribution in [-0.2, 0) is 6.42 Å². The van der Waals surface area contributed by atoms with E-state index >= 15 is 0 Å². The van der Waals surface area contributed by atoms with Crippen LogP contribution in [0.1, 0.15) is 24.0 Å². The Morgan fingerprint density at radius 2 is 2.44 bits per heavy atom. The summed E-state index contributed by atoms with van der Waals surface area (Å²) < 4.78 is 5.12. The molecule has 0 aromatic heterocycles. The van der Waals surface area contributed by atoms with Crippen molar-refractivity contribution in [3.8, 4) is 11.8 Å². The van der Waals surface area contributed by atoms with Crippen molar-refractivity contribution in [2.45, 2.75) is 25.3 Å². The van der Waals surface area contributed by atoms with Gasteiger partial charge in [-0.1, -0.05) is 6.07 Å². The fourth-order valence-electron chi connectivity index (χ4n) is 2.18. The molecule has 0 spiro atoms. The van der Waals surface area contributed by atoms with E-state index < -0.39 is 0 Å². The zero-order valence-corrected chi connectivity index (χ0v) is 9.49. The summed E-state index contributed by atoms with van der Waals surface area (Å²) in [5.41, 5.74) is 1.83. The van der Waals surface area contributed by atoms with E-state index in [4.69, 9.17) is 10.00 Å². The van der Waals surface area contributed by atoms with Crippen LogP contribution in [-0.4, -0.2) is 19.7 Å². The van der Waals surface area contributed by atoms with E-state index in [1.807, 2.05) is 18.2 Å². The quantitative estimate of drug-likeness (QED) is 0.838. The average Bonchev–Trinajstić information content (AvgIpc) is 2.81. The lowest BCUT2D eigenvalue weighted by Crippen LogP contribution is -2.23. The number of hydrogen-bond donors (Lipinski definition) is 1. The second-order valence-electron chi connectivity index (χ2n) is 4.14. The zero-order chi connectivity index (χ0) is 11.4. The molecule has 1 atom stereocenters. The largest absolute Gasteiger partial charge is 0.495 e. The van der Waals surface area contributed by atoms with Gasteiger partial charge in [0.05, 0.1) is 12.7 Å². The van der Waals surface area contributed by atoms with Gasteiger partial charge in [-0.15, -0.1) is 0 Å². The van der Waals surface area contributed by atoms with E-state index in [0.29, 0.717) is 17.4 Å². The molecule has 0 amide bonds. The number of nitrogens with zero attached hydrogens (tertiary/aromatic N) is 1. The summed E-state index contributed by atoms with van der Waals surface area (Å²) in [6.07, 6.45) is 3.48. The molecule has 1 unspecified atom stereocenters. The molecule has 0 bridgehead atoms. The third kappa shape index (κ3) is 2.34. The molecule has 3 heteroatoms. The van der Waals surface area contributed by atoms with Crippen molar-refractivity contribution in [2.24, 2.45) is 0 Å². The minimum atomic E-state index is 0.569.